The van der Waals surface area contributed by atoms with Crippen LogP contribution in [0.3, 0.4) is 0 Å². The first-order valence-electron chi connectivity index (χ1n) is 14.2. The number of nitrogens with one attached hydrogen (secondary N) is 2. The molecule has 13 heteroatoms. The summed E-state index contributed by atoms with van der Waals surface area (Å²) in [6.45, 7) is 3.37. The molecule has 4 rings (SSSR count). The van der Waals surface area contributed by atoms with Crippen LogP contribution < -0.4 is 15.4 Å². The lowest BCUT2D eigenvalue weighted by Gasteiger charge is -2.38. The average Bonchev–Trinajstić information content (AvgIpc) is 3.28. The van der Waals surface area contributed by atoms with Gasteiger partial charge in [-0.3, -0.25) is 0 Å². The number of anilines is 2. The molecule has 1 aliphatic heterocycles. The standard InChI is InChI=1S/C31H39F3N4O5S/c1-21-17-37(18-23(39)19-42-2)14-12-26(21)36-27-8-5-9-29-25(27)15-22(38(29)20-31(32,33)34)7-6-13-35-28-11-10-24(44(4,40)41)16-30(28)43-3/h5,8-11,15-16,21,23,26,35-36,39H,12-14,17-20H2,1-4H3. The maximum Gasteiger partial charge on any atom is 0.406 e. The number of methoxy groups -OCH3 is 2. The first kappa shape index (κ1) is 33.5. The highest BCUT2D eigenvalue weighted by molar-refractivity contribution is 7.90. The van der Waals surface area contributed by atoms with Crippen LogP contribution in [0.1, 0.15) is 19.0 Å². The van der Waals surface area contributed by atoms with Crippen LogP contribution in [0.25, 0.3) is 10.9 Å². The minimum atomic E-state index is -4.45. The predicted molar refractivity (Wildman–Crippen MR) is 165 cm³/mol. The fraction of sp³-hybridized carbons (Fsp3) is 0.484. The number of aliphatic hydroxyl groups excluding tert-OH is 1. The summed E-state index contributed by atoms with van der Waals surface area (Å²) < 4.78 is 76.2. The summed E-state index contributed by atoms with van der Waals surface area (Å²) in [6, 6.07) is 11.4. The number of fused-ring (bicyclic) bond motifs is 1. The van der Waals surface area contributed by atoms with Crippen molar-refractivity contribution in [2.75, 3.05) is 63.9 Å². The van der Waals surface area contributed by atoms with Crippen LogP contribution >= 0.6 is 0 Å². The number of likely N-dealkylation sites (tertiary alicyclic amines) is 1. The SMILES string of the molecule is COCC(O)CN1CCC(Nc2cccc3c2cc(C#CCNc2ccc(S(C)(=O)=O)cc2OC)n3CC(F)(F)F)C(C)C1. The van der Waals surface area contributed by atoms with Gasteiger partial charge in [-0.2, -0.15) is 13.2 Å². The molecule has 3 atom stereocenters. The maximum absolute atomic E-state index is 13.7. The van der Waals surface area contributed by atoms with Crippen molar-refractivity contribution in [3.8, 4) is 17.6 Å². The molecule has 3 aromatic rings. The first-order chi connectivity index (χ1) is 20.8. The van der Waals surface area contributed by atoms with Crippen LogP contribution in [0.5, 0.6) is 5.75 Å². The lowest BCUT2D eigenvalue weighted by molar-refractivity contribution is -0.140. The average molecular weight is 637 g/mol. The van der Waals surface area contributed by atoms with Gasteiger partial charge in [-0.15, -0.1) is 0 Å². The van der Waals surface area contributed by atoms with Crippen LogP contribution in [0, 0.1) is 17.8 Å². The van der Waals surface area contributed by atoms with Crippen LogP contribution in [0.15, 0.2) is 47.4 Å². The molecule has 1 saturated heterocycles. The monoisotopic (exact) mass is 636 g/mol. The van der Waals surface area contributed by atoms with Crippen molar-refractivity contribution in [3.63, 3.8) is 0 Å². The number of halogens is 3. The van der Waals surface area contributed by atoms with Gasteiger partial charge in [-0.05, 0) is 48.6 Å². The predicted octanol–water partition coefficient (Wildman–Crippen LogP) is 4.21. The fourth-order valence-corrected chi connectivity index (χ4v) is 6.18. The number of ether oxygens (including phenoxy) is 2. The van der Waals surface area contributed by atoms with E-state index >= 15 is 0 Å². The van der Waals surface area contributed by atoms with Gasteiger partial charge in [0.05, 0.1) is 48.2 Å². The Bertz CT molecular complexity index is 1610. The smallest absolute Gasteiger partial charge is 0.406 e. The number of benzene rings is 2. The summed E-state index contributed by atoms with van der Waals surface area (Å²) >= 11 is 0. The van der Waals surface area contributed by atoms with Gasteiger partial charge in [0.1, 0.15) is 12.3 Å². The lowest BCUT2D eigenvalue weighted by atomic mass is 9.93. The van der Waals surface area contributed by atoms with E-state index in [-0.39, 0.29) is 35.7 Å². The minimum Gasteiger partial charge on any atom is -0.495 e. The third kappa shape index (κ3) is 8.59. The van der Waals surface area contributed by atoms with Crippen LogP contribution in [-0.4, -0.2) is 94.6 Å². The van der Waals surface area contributed by atoms with Gasteiger partial charge in [-0.25, -0.2) is 8.42 Å². The van der Waals surface area contributed by atoms with E-state index in [1.54, 1.807) is 31.4 Å². The molecule has 0 aliphatic carbocycles. The second kappa shape index (κ2) is 14.1. The van der Waals surface area contributed by atoms with E-state index in [9.17, 15) is 26.7 Å². The lowest BCUT2D eigenvalue weighted by Crippen LogP contribution is -2.48. The maximum atomic E-state index is 13.7. The van der Waals surface area contributed by atoms with Gasteiger partial charge in [0.25, 0.3) is 0 Å². The molecule has 0 saturated carbocycles. The summed E-state index contributed by atoms with van der Waals surface area (Å²) in [6.07, 6.45) is -3.10. The molecule has 0 spiro atoms. The van der Waals surface area contributed by atoms with Gasteiger partial charge in [0.2, 0.25) is 0 Å². The summed E-state index contributed by atoms with van der Waals surface area (Å²) in [5.41, 5.74) is 1.90. The Morgan fingerprint density at radius 3 is 2.59 bits per heavy atom. The number of alkyl halides is 3. The van der Waals surface area contributed by atoms with Crippen molar-refractivity contribution in [1.82, 2.24) is 9.47 Å². The number of piperidine rings is 1. The van der Waals surface area contributed by atoms with Crippen molar-refractivity contribution < 1.29 is 36.2 Å². The molecule has 240 valence electrons. The molecular weight excluding hydrogens is 597 g/mol. The van der Waals surface area contributed by atoms with E-state index in [0.717, 1.165) is 31.5 Å². The molecule has 9 nitrogen and oxygen atoms in total. The Labute approximate surface area is 256 Å². The van der Waals surface area contributed by atoms with Crippen molar-refractivity contribution in [2.45, 2.75) is 43.1 Å². The molecule has 1 aliphatic rings. The molecule has 3 unspecified atom stereocenters. The zero-order valence-corrected chi connectivity index (χ0v) is 26.1. The Morgan fingerprint density at radius 2 is 1.93 bits per heavy atom. The number of aromatic nitrogens is 1. The summed E-state index contributed by atoms with van der Waals surface area (Å²) in [5.74, 6) is 6.32. The van der Waals surface area contributed by atoms with E-state index in [2.05, 4.69) is 34.3 Å². The molecule has 0 radical (unpaired) electrons. The van der Waals surface area contributed by atoms with Crippen molar-refractivity contribution in [2.24, 2.45) is 5.92 Å². The van der Waals surface area contributed by atoms with Gasteiger partial charge >= 0.3 is 6.18 Å². The van der Waals surface area contributed by atoms with E-state index < -0.39 is 28.7 Å². The van der Waals surface area contributed by atoms with Gasteiger partial charge in [0.15, 0.2) is 9.84 Å². The second-order valence-corrected chi connectivity index (χ2v) is 13.2. The Morgan fingerprint density at radius 1 is 1.16 bits per heavy atom. The van der Waals surface area contributed by atoms with Gasteiger partial charge in [0, 0.05) is 56.2 Å². The van der Waals surface area contributed by atoms with Crippen LogP contribution in [0.4, 0.5) is 24.5 Å². The first-order valence-corrected chi connectivity index (χ1v) is 16.1. The molecule has 0 bridgehead atoms. The number of hydrogen-bond acceptors (Lipinski definition) is 8. The Hall–Kier alpha value is -3.44. The van der Waals surface area contributed by atoms with Crippen molar-refractivity contribution in [1.29, 1.82) is 0 Å². The van der Waals surface area contributed by atoms with Gasteiger partial charge < -0.3 is 34.7 Å². The second-order valence-electron chi connectivity index (χ2n) is 11.1. The molecule has 3 N–H and O–H groups in total. The molecule has 1 aromatic heterocycles. The highest BCUT2D eigenvalue weighted by Crippen LogP contribution is 2.32. The van der Waals surface area contributed by atoms with Crippen molar-refractivity contribution >= 4 is 32.1 Å². The zero-order chi connectivity index (χ0) is 32.1. The number of rotatable bonds is 11. The fourth-order valence-electron chi connectivity index (χ4n) is 5.54. The molecule has 2 aromatic carbocycles. The number of nitrogens with zero attached hydrogens (tertiary/aromatic N) is 2. The quantitative estimate of drug-likeness (QED) is 0.269. The van der Waals surface area contributed by atoms with E-state index in [4.69, 9.17) is 9.47 Å². The normalized spacial score (nSPS) is 18.5. The molecule has 2 heterocycles. The van der Waals surface area contributed by atoms with E-state index in [1.807, 2.05) is 6.07 Å². The molecule has 0 amide bonds. The zero-order valence-electron chi connectivity index (χ0n) is 25.2. The van der Waals surface area contributed by atoms with Crippen LogP contribution in [0.2, 0.25) is 0 Å². The van der Waals surface area contributed by atoms with E-state index in [1.165, 1.54) is 23.8 Å². The minimum absolute atomic E-state index is 0.0857. The highest BCUT2D eigenvalue weighted by atomic mass is 32.2. The topological polar surface area (TPSA) is 105 Å². The Balaban J connectivity index is 1.54. The Kier molecular flexibility index (Phi) is 10.7. The number of hydrogen-bond donors (Lipinski definition) is 3. The third-order valence-electron chi connectivity index (χ3n) is 7.63. The third-order valence-corrected chi connectivity index (χ3v) is 8.74. The van der Waals surface area contributed by atoms with Gasteiger partial charge in [-0.1, -0.05) is 18.9 Å². The summed E-state index contributed by atoms with van der Waals surface area (Å²) in [5, 5.41) is 17.4. The summed E-state index contributed by atoms with van der Waals surface area (Å²) in [4.78, 5) is 2.30. The van der Waals surface area contributed by atoms with Crippen molar-refractivity contribution in [3.05, 3.63) is 48.2 Å². The molecular formula is C31H39F3N4O5S. The number of aliphatic hydroxyl groups is 1. The number of sulfone groups is 1. The van der Waals surface area contributed by atoms with Crippen LogP contribution in [-0.2, 0) is 21.1 Å². The number of β-amino-alcohol motifs (C(OH)–C–C–N with tert-alkyl or cyclic N) is 1. The largest absolute Gasteiger partial charge is 0.495 e. The molecule has 1 fully saturated rings. The van der Waals surface area contributed by atoms with E-state index in [0.29, 0.717) is 28.9 Å². The highest BCUT2D eigenvalue weighted by Gasteiger charge is 2.31. The molecule has 44 heavy (non-hydrogen) atoms. The summed E-state index contributed by atoms with van der Waals surface area (Å²) in [7, 11) is -0.453.